The molecule has 0 spiro atoms. The first-order valence-electron chi connectivity index (χ1n) is 5.80. The molecule has 0 fully saturated rings. The molecule has 0 aliphatic rings. The van der Waals surface area contributed by atoms with Crippen molar-refractivity contribution in [3.63, 3.8) is 0 Å². The van der Waals surface area contributed by atoms with Gasteiger partial charge in [0.2, 0.25) is 10.0 Å². The summed E-state index contributed by atoms with van der Waals surface area (Å²) in [5.74, 6) is 0.659. The molecule has 0 unspecified atom stereocenters. The van der Waals surface area contributed by atoms with Gasteiger partial charge < -0.3 is 10.5 Å². The van der Waals surface area contributed by atoms with Gasteiger partial charge in [-0.05, 0) is 38.1 Å². The molecule has 0 saturated carbocycles. The largest absolute Gasteiger partial charge is 0.491 e. The molecule has 6 heteroatoms. The normalized spacial score (nSPS) is 11.6. The summed E-state index contributed by atoms with van der Waals surface area (Å²) in [5.41, 5.74) is 5.88. The number of anilines is 1. The number of hydrogen-bond donors (Lipinski definition) is 1. The van der Waals surface area contributed by atoms with E-state index in [1.807, 2.05) is 13.8 Å². The molecule has 1 rings (SSSR count). The standard InChI is InChI=1S/C12H20N2O3S/c1-10(2)17-12-6-4-11(5-7-12)14(3)18(15,16)9-8-13/h4-7,10H,8-9,13H2,1-3H3. The van der Waals surface area contributed by atoms with Crippen LogP contribution in [0.1, 0.15) is 13.8 Å². The molecule has 1 aromatic carbocycles. The van der Waals surface area contributed by atoms with Gasteiger partial charge in [-0.15, -0.1) is 0 Å². The maximum absolute atomic E-state index is 11.8. The van der Waals surface area contributed by atoms with E-state index >= 15 is 0 Å². The van der Waals surface area contributed by atoms with E-state index in [0.29, 0.717) is 5.69 Å². The summed E-state index contributed by atoms with van der Waals surface area (Å²) in [4.78, 5) is 0. The highest BCUT2D eigenvalue weighted by molar-refractivity contribution is 7.92. The van der Waals surface area contributed by atoms with Crippen LogP contribution >= 0.6 is 0 Å². The monoisotopic (exact) mass is 272 g/mol. The first kappa shape index (κ1) is 14.8. The first-order chi connectivity index (χ1) is 8.36. The van der Waals surface area contributed by atoms with E-state index in [4.69, 9.17) is 10.5 Å². The van der Waals surface area contributed by atoms with Gasteiger partial charge >= 0.3 is 0 Å². The zero-order valence-corrected chi connectivity index (χ0v) is 11.8. The Morgan fingerprint density at radius 1 is 1.28 bits per heavy atom. The molecule has 18 heavy (non-hydrogen) atoms. The number of hydrogen-bond acceptors (Lipinski definition) is 4. The van der Waals surface area contributed by atoms with Crippen LogP contribution in [-0.2, 0) is 10.0 Å². The van der Waals surface area contributed by atoms with E-state index in [1.165, 1.54) is 11.4 Å². The van der Waals surface area contributed by atoms with Crippen molar-refractivity contribution in [3.8, 4) is 5.75 Å². The van der Waals surface area contributed by atoms with Crippen LogP contribution in [0.25, 0.3) is 0 Å². The van der Waals surface area contributed by atoms with Crippen LogP contribution in [-0.4, -0.2) is 33.9 Å². The minimum absolute atomic E-state index is 0.0618. The summed E-state index contributed by atoms with van der Waals surface area (Å²) < 4.78 is 30.3. The predicted molar refractivity (Wildman–Crippen MR) is 73.5 cm³/mol. The molecule has 0 aliphatic heterocycles. The lowest BCUT2D eigenvalue weighted by molar-refractivity contribution is 0.242. The second kappa shape index (κ2) is 6.06. The minimum atomic E-state index is -3.33. The number of nitrogens with two attached hydrogens (primary N) is 1. The molecule has 0 aliphatic carbocycles. The summed E-state index contributed by atoms with van der Waals surface area (Å²) in [6.07, 6.45) is 0.0922. The lowest BCUT2D eigenvalue weighted by atomic mass is 10.3. The Morgan fingerprint density at radius 2 is 1.83 bits per heavy atom. The number of nitrogens with zero attached hydrogens (tertiary/aromatic N) is 1. The van der Waals surface area contributed by atoms with Gasteiger partial charge in [0.25, 0.3) is 0 Å². The van der Waals surface area contributed by atoms with Gasteiger partial charge in [-0.2, -0.15) is 0 Å². The third-order valence-electron chi connectivity index (χ3n) is 2.37. The minimum Gasteiger partial charge on any atom is -0.491 e. The van der Waals surface area contributed by atoms with Crippen LogP contribution in [0.3, 0.4) is 0 Å². The van der Waals surface area contributed by atoms with E-state index in [2.05, 4.69) is 0 Å². The second-order valence-corrected chi connectivity index (χ2v) is 6.35. The maximum Gasteiger partial charge on any atom is 0.236 e. The highest BCUT2D eigenvalue weighted by atomic mass is 32.2. The van der Waals surface area contributed by atoms with E-state index < -0.39 is 10.0 Å². The Labute approximate surface area is 109 Å². The molecule has 0 bridgehead atoms. The third-order valence-corrected chi connectivity index (χ3v) is 4.16. The van der Waals surface area contributed by atoms with Gasteiger partial charge in [0.15, 0.2) is 0 Å². The SMILES string of the molecule is CC(C)Oc1ccc(N(C)S(=O)(=O)CCN)cc1. The average molecular weight is 272 g/mol. The molecule has 1 aromatic rings. The number of benzene rings is 1. The Bertz CT molecular complexity index is 469. The van der Waals surface area contributed by atoms with Gasteiger partial charge in [0.1, 0.15) is 5.75 Å². The Kier molecular flexibility index (Phi) is 4.98. The van der Waals surface area contributed by atoms with Gasteiger partial charge in [-0.3, -0.25) is 4.31 Å². The Balaban J connectivity index is 2.85. The van der Waals surface area contributed by atoms with Crippen molar-refractivity contribution in [1.29, 1.82) is 0 Å². The molecule has 0 heterocycles. The second-order valence-electron chi connectivity index (χ2n) is 4.23. The van der Waals surface area contributed by atoms with Crippen LogP contribution in [0.2, 0.25) is 0 Å². The fraction of sp³-hybridized carbons (Fsp3) is 0.500. The number of rotatable bonds is 6. The average Bonchev–Trinajstić information content (AvgIpc) is 2.28. The van der Waals surface area contributed by atoms with Crippen LogP contribution in [0.4, 0.5) is 5.69 Å². The molecule has 0 aromatic heterocycles. The summed E-state index contributed by atoms with van der Waals surface area (Å²) in [7, 11) is -1.81. The summed E-state index contributed by atoms with van der Waals surface area (Å²) in [5, 5.41) is 0. The van der Waals surface area contributed by atoms with Crippen molar-refractivity contribution in [2.45, 2.75) is 20.0 Å². The Morgan fingerprint density at radius 3 is 2.28 bits per heavy atom. The van der Waals surface area contributed by atoms with Crippen molar-refractivity contribution in [2.75, 3.05) is 23.7 Å². The summed E-state index contributed by atoms with van der Waals surface area (Å²) in [6, 6.07) is 6.94. The van der Waals surface area contributed by atoms with Gasteiger partial charge in [-0.1, -0.05) is 0 Å². The lowest BCUT2D eigenvalue weighted by Gasteiger charge is -2.19. The summed E-state index contributed by atoms with van der Waals surface area (Å²) >= 11 is 0. The molecule has 5 nitrogen and oxygen atoms in total. The number of ether oxygens (including phenoxy) is 1. The molecule has 2 N–H and O–H groups in total. The van der Waals surface area contributed by atoms with Crippen LogP contribution in [0.15, 0.2) is 24.3 Å². The van der Waals surface area contributed by atoms with E-state index in [1.54, 1.807) is 24.3 Å². The van der Waals surface area contributed by atoms with Gasteiger partial charge in [0, 0.05) is 13.6 Å². The van der Waals surface area contributed by atoms with Crippen LogP contribution < -0.4 is 14.8 Å². The molecule has 102 valence electrons. The zero-order valence-electron chi connectivity index (χ0n) is 11.0. The van der Waals surface area contributed by atoms with Crippen molar-refractivity contribution < 1.29 is 13.2 Å². The zero-order chi connectivity index (χ0) is 13.8. The van der Waals surface area contributed by atoms with E-state index in [9.17, 15) is 8.42 Å². The lowest BCUT2D eigenvalue weighted by Crippen LogP contribution is -2.31. The first-order valence-corrected chi connectivity index (χ1v) is 7.41. The van der Waals surface area contributed by atoms with Gasteiger partial charge in [0.05, 0.1) is 17.5 Å². The molecule has 0 atom stereocenters. The Hall–Kier alpha value is -1.27. The van der Waals surface area contributed by atoms with Crippen LogP contribution in [0.5, 0.6) is 5.75 Å². The predicted octanol–water partition coefficient (Wildman–Crippen LogP) is 1.20. The highest BCUT2D eigenvalue weighted by Gasteiger charge is 2.17. The molecular formula is C12H20N2O3S. The van der Waals surface area contributed by atoms with Crippen molar-refractivity contribution in [1.82, 2.24) is 0 Å². The van der Waals surface area contributed by atoms with Crippen molar-refractivity contribution >= 4 is 15.7 Å². The van der Waals surface area contributed by atoms with Crippen molar-refractivity contribution in [3.05, 3.63) is 24.3 Å². The van der Waals surface area contributed by atoms with E-state index in [-0.39, 0.29) is 18.4 Å². The molecule has 0 radical (unpaired) electrons. The van der Waals surface area contributed by atoms with Crippen LogP contribution in [0, 0.1) is 0 Å². The molecule has 0 saturated heterocycles. The molecule has 0 amide bonds. The summed E-state index contributed by atoms with van der Waals surface area (Å²) in [6.45, 7) is 3.98. The quantitative estimate of drug-likeness (QED) is 0.844. The fourth-order valence-electron chi connectivity index (χ4n) is 1.45. The molecular weight excluding hydrogens is 252 g/mol. The topological polar surface area (TPSA) is 72.6 Å². The highest BCUT2D eigenvalue weighted by Crippen LogP contribution is 2.21. The van der Waals surface area contributed by atoms with Crippen molar-refractivity contribution in [2.24, 2.45) is 5.73 Å². The van der Waals surface area contributed by atoms with Gasteiger partial charge in [-0.25, -0.2) is 8.42 Å². The fourth-order valence-corrected chi connectivity index (χ4v) is 2.47. The maximum atomic E-state index is 11.8. The smallest absolute Gasteiger partial charge is 0.236 e. The number of sulfonamides is 1. The third kappa shape index (κ3) is 3.89. The van der Waals surface area contributed by atoms with E-state index in [0.717, 1.165) is 5.75 Å².